The van der Waals surface area contributed by atoms with E-state index in [-0.39, 0.29) is 5.69 Å². The molecule has 148 valence electrons. The number of hydrogen-bond donors (Lipinski definition) is 1. The molecule has 2 aromatic rings. The molecule has 2 aliphatic rings. The second-order valence-electron chi connectivity index (χ2n) is 6.35. The summed E-state index contributed by atoms with van der Waals surface area (Å²) in [4.78, 5) is 38.6. The number of carbonyl (C=O) groups is 3. The number of carbonyl (C=O) groups excluding carboxylic acids is 3. The third-order valence-electron chi connectivity index (χ3n) is 4.45. The van der Waals surface area contributed by atoms with Gasteiger partial charge in [-0.3, -0.25) is 19.4 Å². The van der Waals surface area contributed by atoms with Crippen LogP contribution in [0.3, 0.4) is 0 Å². The topological polar surface area (TPSA) is 94.4 Å². The van der Waals surface area contributed by atoms with E-state index < -0.39 is 48.0 Å². The minimum absolute atomic E-state index is 0.222. The van der Waals surface area contributed by atoms with Crippen molar-refractivity contribution in [2.75, 3.05) is 16.8 Å². The first kappa shape index (κ1) is 18.9. The normalized spacial score (nSPS) is 20.4. The number of nitrogens with zero attached hydrogens (tertiary/aromatic N) is 4. The van der Waals surface area contributed by atoms with Gasteiger partial charge in [-0.15, -0.1) is 0 Å². The van der Waals surface area contributed by atoms with Crippen LogP contribution in [0.4, 0.5) is 20.2 Å². The smallest absolute Gasteiger partial charge is 0.263 e. The predicted octanol–water partition coefficient (Wildman–Crippen LogP) is 2.55. The standard InChI is InChI=1S/C18H12ClF2N5O3/c19-9-1-4-11(5-2-9)26-17(28)15-16(18(26)29)25(24-23-15)8-14(27)22-13-6-3-10(20)7-12(13)21/h1-7,15-16H,8H2,(H,22,27)/t15-,16-/m1/s1. The molecule has 0 spiro atoms. The molecule has 0 unspecified atom stereocenters. The van der Waals surface area contributed by atoms with Crippen molar-refractivity contribution >= 4 is 40.7 Å². The van der Waals surface area contributed by atoms with E-state index in [2.05, 4.69) is 15.7 Å². The number of anilines is 2. The van der Waals surface area contributed by atoms with Gasteiger partial charge in [0.2, 0.25) is 5.91 Å². The first-order valence-electron chi connectivity index (χ1n) is 8.41. The summed E-state index contributed by atoms with van der Waals surface area (Å²) in [6.45, 7) is -0.449. The van der Waals surface area contributed by atoms with Crippen LogP contribution in [0.25, 0.3) is 0 Å². The van der Waals surface area contributed by atoms with Crippen LogP contribution in [0, 0.1) is 11.6 Å². The summed E-state index contributed by atoms with van der Waals surface area (Å²) < 4.78 is 26.7. The number of fused-ring (bicyclic) bond motifs is 1. The van der Waals surface area contributed by atoms with Gasteiger partial charge in [-0.2, -0.15) is 5.11 Å². The fourth-order valence-electron chi connectivity index (χ4n) is 3.13. The van der Waals surface area contributed by atoms with Crippen LogP contribution in [0.2, 0.25) is 5.02 Å². The molecule has 8 nitrogen and oxygen atoms in total. The number of halogens is 3. The third kappa shape index (κ3) is 3.42. The van der Waals surface area contributed by atoms with Crippen LogP contribution >= 0.6 is 11.6 Å². The molecule has 0 saturated carbocycles. The second-order valence-corrected chi connectivity index (χ2v) is 6.79. The maximum Gasteiger partial charge on any atom is 0.263 e. The number of imide groups is 1. The summed E-state index contributed by atoms with van der Waals surface area (Å²) in [7, 11) is 0. The van der Waals surface area contributed by atoms with Crippen LogP contribution in [0.15, 0.2) is 52.8 Å². The number of hydrogen-bond acceptors (Lipinski definition) is 6. The van der Waals surface area contributed by atoms with Gasteiger partial charge < -0.3 is 5.32 Å². The summed E-state index contributed by atoms with van der Waals surface area (Å²) in [6, 6.07) is 6.65. The molecule has 0 aliphatic carbocycles. The Kier molecular flexibility index (Phi) is 4.71. The molecule has 11 heteroatoms. The molecular weight excluding hydrogens is 408 g/mol. The highest BCUT2D eigenvalue weighted by molar-refractivity contribution is 6.31. The Morgan fingerprint density at radius 2 is 1.83 bits per heavy atom. The van der Waals surface area contributed by atoms with Crippen molar-refractivity contribution < 1.29 is 23.2 Å². The van der Waals surface area contributed by atoms with Crippen LogP contribution in [0.1, 0.15) is 0 Å². The number of benzene rings is 2. The highest BCUT2D eigenvalue weighted by Crippen LogP contribution is 2.32. The SMILES string of the molecule is O=C(CN1N=N[C@H]2C(=O)N(c3ccc(Cl)cc3)C(=O)[C@@H]21)Nc1ccc(F)cc1F. The average Bonchev–Trinajstić information content (AvgIpc) is 3.19. The fourth-order valence-corrected chi connectivity index (χ4v) is 3.25. The van der Waals surface area contributed by atoms with Crippen LogP contribution in [0.5, 0.6) is 0 Å². The van der Waals surface area contributed by atoms with Gasteiger partial charge in [0.15, 0.2) is 12.1 Å². The first-order chi connectivity index (χ1) is 13.8. The predicted molar refractivity (Wildman–Crippen MR) is 98.1 cm³/mol. The highest BCUT2D eigenvalue weighted by atomic mass is 35.5. The van der Waals surface area contributed by atoms with E-state index in [1.165, 1.54) is 24.3 Å². The zero-order chi connectivity index (χ0) is 20.7. The molecule has 1 N–H and O–H groups in total. The second kappa shape index (κ2) is 7.21. The Morgan fingerprint density at radius 1 is 1.10 bits per heavy atom. The number of nitrogens with one attached hydrogen (secondary N) is 1. The van der Waals surface area contributed by atoms with Crippen LogP contribution in [-0.2, 0) is 14.4 Å². The van der Waals surface area contributed by atoms with E-state index in [4.69, 9.17) is 11.6 Å². The van der Waals surface area contributed by atoms with E-state index in [1.807, 2.05) is 0 Å². The van der Waals surface area contributed by atoms with E-state index in [9.17, 15) is 23.2 Å². The lowest BCUT2D eigenvalue weighted by Crippen LogP contribution is -2.43. The lowest BCUT2D eigenvalue weighted by molar-refractivity contribution is -0.123. The molecule has 0 radical (unpaired) electrons. The van der Waals surface area contributed by atoms with Gasteiger partial charge in [0.05, 0.1) is 11.4 Å². The molecule has 1 fully saturated rings. The number of rotatable bonds is 4. The van der Waals surface area contributed by atoms with Crippen molar-refractivity contribution in [1.29, 1.82) is 0 Å². The molecule has 2 heterocycles. The summed E-state index contributed by atoms with van der Waals surface area (Å²) in [5.74, 6) is -3.60. The Bertz CT molecular complexity index is 1050. The molecule has 4 rings (SSSR count). The van der Waals surface area contributed by atoms with Crippen molar-refractivity contribution in [2.24, 2.45) is 10.3 Å². The van der Waals surface area contributed by atoms with Gasteiger partial charge in [0, 0.05) is 11.1 Å². The van der Waals surface area contributed by atoms with E-state index >= 15 is 0 Å². The van der Waals surface area contributed by atoms with Gasteiger partial charge in [-0.05, 0) is 36.4 Å². The van der Waals surface area contributed by atoms with Gasteiger partial charge in [0.25, 0.3) is 11.8 Å². The summed E-state index contributed by atoms with van der Waals surface area (Å²) in [5.41, 5.74) is 0.104. The molecule has 3 amide bonds. The van der Waals surface area contributed by atoms with Crippen molar-refractivity contribution in [1.82, 2.24) is 5.01 Å². The molecule has 0 bridgehead atoms. The largest absolute Gasteiger partial charge is 0.322 e. The number of amides is 3. The Hall–Kier alpha value is -3.40. The van der Waals surface area contributed by atoms with Crippen LogP contribution < -0.4 is 10.2 Å². The molecule has 2 aliphatic heterocycles. The Labute approximate surface area is 167 Å². The maximum atomic E-state index is 13.7. The maximum absolute atomic E-state index is 13.7. The molecular formula is C18H12ClF2N5O3. The molecule has 1 saturated heterocycles. The fraction of sp³-hybridized carbons (Fsp3) is 0.167. The van der Waals surface area contributed by atoms with Crippen molar-refractivity contribution in [3.8, 4) is 0 Å². The summed E-state index contributed by atoms with van der Waals surface area (Å²) >= 11 is 5.83. The Balaban J connectivity index is 1.49. The summed E-state index contributed by atoms with van der Waals surface area (Å²) in [6.07, 6.45) is 0. The first-order valence-corrected chi connectivity index (χ1v) is 8.78. The average molecular weight is 420 g/mol. The zero-order valence-electron chi connectivity index (χ0n) is 14.6. The van der Waals surface area contributed by atoms with Crippen molar-refractivity contribution in [2.45, 2.75) is 12.1 Å². The van der Waals surface area contributed by atoms with Gasteiger partial charge in [-0.1, -0.05) is 16.8 Å². The highest BCUT2D eigenvalue weighted by Gasteiger charge is 2.55. The zero-order valence-corrected chi connectivity index (χ0v) is 15.3. The van der Waals surface area contributed by atoms with E-state index in [0.717, 1.165) is 22.0 Å². The monoisotopic (exact) mass is 419 g/mol. The van der Waals surface area contributed by atoms with E-state index in [0.29, 0.717) is 16.8 Å². The summed E-state index contributed by atoms with van der Waals surface area (Å²) in [5, 5.41) is 11.3. The van der Waals surface area contributed by atoms with Crippen LogP contribution in [-0.4, -0.2) is 41.4 Å². The van der Waals surface area contributed by atoms with Gasteiger partial charge in [0.1, 0.15) is 18.2 Å². The molecule has 2 atom stereocenters. The lowest BCUT2D eigenvalue weighted by Gasteiger charge is -2.20. The minimum atomic E-state index is -1.08. The van der Waals surface area contributed by atoms with Gasteiger partial charge in [-0.25, -0.2) is 13.7 Å². The van der Waals surface area contributed by atoms with Gasteiger partial charge >= 0.3 is 0 Å². The van der Waals surface area contributed by atoms with E-state index in [1.54, 1.807) is 0 Å². The quantitative estimate of drug-likeness (QED) is 0.770. The Morgan fingerprint density at radius 3 is 2.52 bits per heavy atom. The van der Waals surface area contributed by atoms with Crippen molar-refractivity contribution in [3.63, 3.8) is 0 Å². The molecule has 2 aromatic carbocycles. The third-order valence-corrected chi connectivity index (χ3v) is 4.71. The van der Waals surface area contributed by atoms with Crippen molar-refractivity contribution in [3.05, 3.63) is 59.1 Å². The lowest BCUT2D eigenvalue weighted by atomic mass is 10.1. The molecule has 29 heavy (non-hydrogen) atoms. The minimum Gasteiger partial charge on any atom is -0.322 e. The molecule has 0 aromatic heterocycles.